The summed E-state index contributed by atoms with van der Waals surface area (Å²) in [6, 6.07) is 11.9. The van der Waals surface area contributed by atoms with Crippen LogP contribution in [0, 0.1) is 0 Å². The summed E-state index contributed by atoms with van der Waals surface area (Å²) in [5.74, 6) is -0.106. The van der Waals surface area contributed by atoms with Gasteiger partial charge in [0.1, 0.15) is 10.6 Å². The molecule has 0 fully saturated rings. The molecule has 0 spiro atoms. The normalized spacial score (nSPS) is 11.5. The van der Waals surface area contributed by atoms with E-state index in [9.17, 15) is 13.2 Å². The SMILES string of the molecule is COC(=O)c1cc(Nc2c(S(=O)(=O)Nc3ccsc3)cnc3cc(Br)ccc23)cc(OC(C)C)c1. The zero-order valence-corrected chi connectivity index (χ0v) is 22.3. The van der Waals surface area contributed by atoms with Crippen molar-refractivity contribution < 1.29 is 22.7 Å². The molecule has 2 N–H and O–H groups in total. The monoisotopic (exact) mass is 575 g/mol. The van der Waals surface area contributed by atoms with E-state index >= 15 is 0 Å². The first-order valence-corrected chi connectivity index (χ1v) is 13.7. The van der Waals surface area contributed by atoms with Gasteiger partial charge < -0.3 is 14.8 Å². The molecule has 182 valence electrons. The highest BCUT2D eigenvalue weighted by atomic mass is 79.9. The van der Waals surface area contributed by atoms with E-state index in [1.807, 2.05) is 13.8 Å². The van der Waals surface area contributed by atoms with Gasteiger partial charge in [0.15, 0.2) is 0 Å². The molecule has 0 aliphatic heterocycles. The third-order valence-corrected chi connectivity index (χ3v) is 7.40. The molecule has 0 unspecified atom stereocenters. The number of methoxy groups -OCH3 is 1. The van der Waals surface area contributed by atoms with Crippen LogP contribution in [0.2, 0.25) is 0 Å². The Hall–Kier alpha value is -3.15. The Morgan fingerprint density at radius 2 is 1.91 bits per heavy atom. The van der Waals surface area contributed by atoms with Crippen molar-refractivity contribution in [1.29, 1.82) is 0 Å². The van der Waals surface area contributed by atoms with E-state index < -0.39 is 16.0 Å². The predicted molar refractivity (Wildman–Crippen MR) is 141 cm³/mol. The Morgan fingerprint density at radius 3 is 2.60 bits per heavy atom. The highest BCUT2D eigenvalue weighted by molar-refractivity contribution is 9.10. The highest BCUT2D eigenvalue weighted by Gasteiger charge is 2.23. The minimum Gasteiger partial charge on any atom is -0.491 e. The summed E-state index contributed by atoms with van der Waals surface area (Å²) < 4.78 is 40.8. The van der Waals surface area contributed by atoms with Crippen LogP contribution < -0.4 is 14.8 Å². The number of aromatic nitrogens is 1. The summed E-state index contributed by atoms with van der Waals surface area (Å²) in [6.07, 6.45) is 1.17. The molecule has 35 heavy (non-hydrogen) atoms. The molecular formula is C24H22BrN3O5S2. The first-order valence-electron chi connectivity index (χ1n) is 10.5. The number of fused-ring (bicyclic) bond motifs is 1. The second-order valence-corrected chi connectivity index (χ2v) is 11.2. The second-order valence-electron chi connectivity index (χ2n) is 7.81. The van der Waals surface area contributed by atoms with E-state index in [1.54, 1.807) is 53.2 Å². The van der Waals surface area contributed by atoms with Gasteiger partial charge in [-0.3, -0.25) is 9.71 Å². The molecule has 0 atom stereocenters. The molecule has 2 aromatic heterocycles. The van der Waals surface area contributed by atoms with Crippen molar-refractivity contribution in [3.8, 4) is 5.75 Å². The van der Waals surface area contributed by atoms with Crippen LogP contribution in [0.5, 0.6) is 5.75 Å². The lowest BCUT2D eigenvalue weighted by molar-refractivity contribution is 0.0600. The van der Waals surface area contributed by atoms with Crippen LogP contribution in [-0.4, -0.2) is 32.6 Å². The molecule has 2 aromatic carbocycles. The molecule has 2 heterocycles. The maximum Gasteiger partial charge on any atom is 0.338 e. The molecule has 0 aliphatic rings. The predicted octanol–water partition coefficient (Wildman–Crippen LogP) is 6.18. The molecular weight excluding hydrogens is 554 g/mol. The Bertz CT molecular complexity index is 1490. The number of pyridine rings is 1. The number of nitrogens with one attached hydrogen (secondary N) is 2. The van der Waals surface area contributed by atoms with Gasteiger partial charge in [0, 0.05) is 27.0 Å². The number of carbonyl (C=O) groups is 1. The third kappa shape index (κ3) is 5.75. The second kappa shape index (κ2) is 10.2. The molecule has 4 aromatic rings. The van der Waals surface area contributed by atoms with Gasteiger partial charge in [0.25, 0.3) is 10.0 Å². The van der Waals surface area contributed by atoms with Crippen LogP contribution >= 0.6 is 27.3 Å². The average Bonchev–Trinajstić information content (AvgIpc) is 3.30. The minimum absolute atomic E-state index is 0.0479. The zero-order valence-electron chi connectivity index (χ0n) is 19.0. The number of anilines is 3. The number of hydrogen-bond donors (Lipinski definition) is 2. The van der Waals surface area contributed by atoms with Crippen molar-refractivity contribution in [2.75, 3.05) is 17.1 Å². The van der Waals surface area contributed by atoms with Crippen molar-refractivity contribution in [3.05, 3.63) is 69.5 Å². The van der Waals surface area contributed by atoms with Gasteiger partial charge in [0.05, 0.1) is 41.9 Å². The van der Waals surface area contributed by atoms with Gasteiger partial charge in [-0.15, -0.1) is 0 Å². The highest BCUT2D eigenvalue weighted by Crippen LogP contribution is 2.35. The molecule has 0 bridgehead atoms. The van der Waals surface area contributed by atoms with Gasteiger partial charge in [-0.1, -0.05) is 15.9 Å². The topological polar surface area (TPSA) is 107 Å². The Morgan fingerprint density at radius 1 is 1.11 bits per heavy atom. The quantitative estimate of drug-likeness (QED) is 0.242. The summed E-state index contributed by atoms with van der Waals surface area (Å²) in [5, 5.41) is 7.25. The first kappa shape index (κ1) is 25.0. The molecule has 11 heteroatoms. The molecule has 4 rings (SSSR count). The minimum atomic E-state index is -4.00. The largest absolute Gasteiger partial charge is 0.491 e. The van der Waals surface area contributed by atoms with E-state index in [1.165, 1.54) is 24.6 Å². The maximum absolute atomic E-state index is 13.4. The fourth-order valence-electron chi connectivity index (χ4n) is 3.41. The Kier molecular flexibility index (Phi) is 7.29. The van der Waals surface area contributed by atoms with Crippen molar-refractivity contribution >= 4 is 71.2 Å². The van der Waals surface area contributed by atoms with Crippen molar-refractivity contribution in [1.82, 2.24) is 4.98 Å². The summed E-state index contributed by atoms with van der Waals surface area (Å²) in [7, 11) is -2.71. The van der Waals surface area contributed by atoms with Gasteiger partial charge in [-0.05, 0) is 55.6 Å². The number of nitrogens with zero attached hydrogens (tertiary/aromatic N) is 1. The number of ether oxygens (including phenoxy) is 2. The summed E-state index contributed by atoms with van der Waals surface area (Å²) >= 11 is 4.81. The summed E-state index contributed by atoms with van der Waals surface area (Å²) in [6.45, 7) is 3.74. The number of esters is 1. The van der Waals surface area contributed by atoms with Gasteiger partial charge in [-0.2, -0.15) is 11.3 Å². The molecule has 8 nitrogen and oxygen atoms in total. The number of hydrogen-bond acceptors (Lipinski definition) is 8. The van der Waals surface area contributed by atoms with E-state index in [2.05, 4.69) is 31.0 Å². The Balaban J connectivity index is 1.88. The smallest absolute Gasteiger partial charge is 0.338 e. The standard InChI is InChI=1S/C24H22BrN3O5S2/c1-14(2)33-19-9-15(24(29)32-3)8-18(11-19)27-23-20-5-4-16(25)10-21(20)26-12-22(23)35(30,31)28-17-6-7-34-13-17/h4-14,28H,1-3H3,(H,26,27). The number of benzene rings is 2. The lowest BCUT2D eigenvalue weighted by Gasteiger charge is -2.18. The maximum atomic E-state index is 13.4. The fraction of sp³-hybridized carbons (Fsp3) is 0.167. The zero-order chi connectivity index (χ0) is 25.2. The van der Waals surface area contributed by atoms with Crippen LogP contribution in [0.4, 0.5) is 17.1 Å². The van der Waals surface area contributed by atoms with Gasteiger partial charge >= 0.3 is 5.97 Å². The number of sulfonamides is 1. The number of rotatable bonds is 8. The van der Waals surface area contributed by atoms with Crippen LogP contribution in [0.1, 0.15) is 24.2 Å². The van der Waals surface area contributed by atoms with Crippen LogP contribution in [0.3, 0.4) is 0 Å². The molecule has 0 saturated heterocycles. The van der Waals surface area contributed by atoms with Gasteiger partial charge in [0.2, 0.25) is 0 Å². The van der Waals surface area contributed by atoms with Crippen LogP contribution in [0.25, 0.3) is 10.9 Å². The van der Waals surface area contributed by atoms with Crippen molar-refractivity contribution in [2.24, 2.45) is 0 Å². The molecule has 0 saturated carbocycles. The van der Waals surface area contributed by atoms with Crippen molar-refractivity contribution in [2.45, 2.75) is 24.8 Å². The van der Waals surface area contributed by atoms with Crippen LogP contribution in [-0.2, 0) is 14.8 Å². The average molecular weight is 576 g/mol. The van der Waals surface area contributed by atoms with Crippen molar-refractivity contribution in [3.63, 3.8) is 0 Å². The van der Waals surface area contributed by atoms with E-state index in [4.69, 9.17) is 9.47 Å². The van der Waals surface area contributed by atoms with E-state index in [0.29, 0.717) is 33.7 Å². The number of halogens is 1. The lowest BCUT2D eigenvalue weighted by atomic mass is 10.1. The summed E-state index contributed by atoms with van der Waals surface area (Å²) in [4.78, 5) is 16.6. The van der Waals surface area contributed by atoms with E-state index in [-0.39, 0.29) is 16.6 Å². The van der Waals surface area contributed by atoms with Gasteiger partial charge in [-0.25, -0.2) is 13.2 Å². The number of carbonyl (C=O) groups excluding carboxylic acids is 1. The Labute approximate surface area is 215 Å². The third-order valence-electron chi connectivity index (χ3n) is 4.83. The lowest BCUT2D eigenvalue weighted by Crippen LogP contribution is -2.15. The number of thiophene rings is 1. The van der Waals surface area contributed by atoms with E-state index in [0.717, 1.165) is 4.47 Å². The molecule has 0 radical (unpaired) electrons. The summed E-state index contributed by atoms with van der Waals surface area (Å²) in [5.41, 5.74) is 2.06. The fourth-order valence-corrected chi connectivity index (χ4v) is 5.59. The molecule has 0 aliphatic carbocycles. The molecule has 0 amide bonds. The first-order chi connectivity index (χ1) is 16.7. The van der Waals surface area contributed by atoms with Crippen LogP contribution in [0.15, 0.2) is 68.8 Å².